The Hall–Kier alpha value is -2.48. The van der Waals surface area contributed by atoms with Crippen LogP contribution in [0.4, 0.5) is 4.79 Å². The molecule has 1 aromatic carbocycles. The number of carboxylic acids is 1. The van der Waals surface area contributed by atoms with Crippen LogP contribution in [0.5, 0.6) is 11.5 Å². The number of carboxylic acid groups (broad SMARTS) is 1. The van der Waals surface area contributed by atoms with Gasteiger partial charge in [-0.3, -0.25) is 0 Å². The van der Waals surface area contributed by atoms with Crippen molar-refractivity contribution in [2.24, 2.45) is 5.73 Å². The van der Waals surface area contributed by atoms with Gasteiger partial charge in [0.15, 0.2) is 11.5 Å². The Labute approximate surface area is 121 Å². The molecule has 7 N–H and O–H groups in total. The van der Waals surface area contributed by atoms with Crippen molar-refractivity contribution < 1.29 is 24.9 Å². The molecule has 2 amide bonds. The highest BCUT2D eigenvalue weighted by atomic mass is 16.4. The molecule has 0 heterocycles. The zero-order valence-electron chi connectivity index (χ0n) is 11.4. The number of hydrogen-bond donors (Lipinski definition) is 6. The van der Waals surface area contributed by atoms with Crippen LogP contribution in [-0.4, -0.2) is 46.5 Å². The molecule has 0 saturated carbocycles. The van der Waals surface area contributed by atoms with Crippen molar-refractivity contribution in [1.82, 2.24) is 10.6 Å². The molecular weight excluding hydrogens is 278 g/mol. The molecule has 0 saturated heterocycles. The van der Waals surface area contributed by atoms with E-state index in [9.17, 15) is 19.8 Å². The number of benzene rings is 1. The van der Waals surface area contributed by atoms with Crippen molar-refractivity contribution in [3.8, 4) is 11.5 Å². The minimum Gasteiger partial charge on any atom is -0.504 e. The van der Waals surface area contributed by atoms with E-state index in [4.69, 9.17) is 10.8 Å². The molecule has 0 aliphatic rings. The summed E-state index contributed by atoms with van der Waals surface area (Å²) in [5, 5.41) is 32.5. The lowest BCUT2D eigenvalue weighted by Crippen LogP contribution is -2.47. The third-order valence-corrected chi connectivity index (χ3v) is 2.75. The maximum absolute atomic E-state index is 11.5. The summed E-state index contributed by atoms with van der Waals surface area (Å²) in [7, 11) is 0. The molecule has 8 nitrogen and oxygen atoms in total. The van der Waals surface area contributed by atoms with Crippen LogP contribution in [0, 0.1) is 0 Å². The van der Waals surface area contributed by atoms with Crippen LogP contribution < -0.4 is 16.4 Å². The molecule has 1 aromatic rings. The smallest absolute Gasteiger partial charge is 0.326 e. The summed E-state index contributed by atoms with van der Waals surface area (Å²) in [4.78, 5) is 22.7. The van der Waals surface area contributed by atoms with Gasteiger partial charge in [0.05, 0.1) is 0 Å². The SMILES string of the molecule is NCCCNC(=O)N[C@@H](Cc1ccc(O)c(O)c1)C(=O)O. The number of aromatic hydroxyl groups is 2. The topological polar surface area (TPSA) is 145 Å². The third-order valence-electron chi connectivity index (χ3n) is 2.75. The monoisotopic (exact) mass is 297 g/mol. The zero-order valence-corrected chi connectivity index (χ0v) is 11.4. The van der Waals surface area contributed by atoms with Gasteiger partial charge in [-0.25, -0.2) is 9.59 Å². The van der Waals surface area contributed by atoms with Crippen LogP contribution in [0.2, 0.25) is 0 Å². The quantitative estimate of drug-likeness (QED) is 0.302. The van der Waals surface area contributed by atoms with Gasteiger partial charge in [0.25, 0.3) is 0 Å². The number of nitrogens with one attached hydrogen (secondary N) is 2. The lowest BCUT2D eigenvalue weighted by atomic mass is 10.1. The second-order valence-electron chi connectivity index (χ2n) is 4.46. The minimum atomic E-state index is -1.20. The van der Waals surface area contributed by atoms with E-state index in [0.29, 0.717) is 25.1 Å². The third kappa shape index (κ3) is 5.57. The van der Waals surface area contributed by atoms with E-state index in [-0.39, 0.29) is 17.9 Å². The molecule has 21 heavy (non-hydrogen) atoms. The highest BCUT2D eigenvalue weighted by Gasteiger charge is 2.20. The lowest BCUT2D eigenvalue weighted by Gasteiger charge is -2.15. The van der Waals surface area contributed by atoms with Crippen LogP contribution in [0.1, 0.15) is 12.0 Å². The highest BCUT2D eigenvalue weighted by molar-refractivity contribution is 5.82. The van der Waals surface area contributed by atoms with Crippen LogP contribution in [0.3, 0.4) is 0 Å². The number of urea groups is 1. The van der Waals surface area contributed by atoms with E-state index in [0.717, 1.165) is 0 Å². The highest BCUT2D eigenvalue weighted by Crippen LogP contribution is 2.25. The van der Waals surface area contributed by atoms with E-state index < -0.39 is 18.0 Å². The van der Waals surface area contributed by atoms with Crippen molar-refractivity contribution in [1.29, 1.82) is 0 Å². The van der Waals surface area contributed by atoms with E-state index in [2.05, 4.69) is 10.6 Å². The van der Waals surface area contributed by atoms with E-state index in [1.54, 1.807) is 0 Å². The first-order chi connectivity index (χ1) is 9.93. The van der Waals surface area contributed by atoms with Gasteiger partial charge in [0.2, 0.25) is 0 Å². The Kier molecular flexibility index (Phi) is 6.28. The summed E-state index contributed by atoms with van der Waals surface area (Å²) in [6.45, 7) is 0.782. The Morgan fingerprint density at radius 2 is 1.95 bits per heavy atom. The van der Waals surface area contributed by atoms with Gasteiger partial charge < -0.3 is 31.7 Å². The maximum atomic E-state index is 11.5. The molecule has 0 aliphatic heterocycles. The number of rotatable bonds is 7. The van der Waals surface area contributed by atoms with Crippen molar-refractivity contribution in [2.45, 2.75) is 18.9 Å². The Balaban J connectivity index is 2.63. The molecule has 0 aliphatic carbocycles. The first-order valence-corrected chi connectivity index (χ1v) is 6.42. The van der Waals surface area contributed by atoms with Gasteiger partial charge in [-0.15, -0.1) is 0 Å². The second kappa shape index (κ2) is 7.95. The fourth-order valence-electron chi connectivity index (χ4n) is 1.65. The molecule has 0 aromatic heterocycles. The zero-order chi connectivity index (χ0) is 15.8. The predicted octanol–water partition coefficient (Wildman–Crippen LogP) is -0.259. The van der Waals surface area contributed by atoms with E-state index >= 15 is 0 Å². The minimum absolute atomic E-state index is 0.0204. The number of amides is 2. The van der Waals surface area contributed by atoms with Gasteiger partial charge in [0.1, 0.15) is 6.04 Å². The molecule has 0 spiro atoms. The van der Waals surface area contributed by atoms with Gasteiger partial charge in [-0.1, -0.05) is 6.07 Å². The standard InChI is InChI=1S/C13H19N3O5/c14-4-1-5-15-13(21)16-9(12(19)20)6-8-2-3-10(17)11(18)7-8/h2-3,7,9,17-18H,1,4-6,14H2,(H,19,20)(H2,15,16,21)/t9-/m0/s1. The summed E-state index contributed by atoms with van der Waals surface area (Å²) in [6, 6.07) is 2.23. The van der Waals surface area contributed by atoms with Crippen LogP contribution in [-0.2, 0) is 11.2 Å². The summed E-state index contributed by atoms with van der Waals surface area (Å²) in [5.74, 6) is -1.83. The average Bonchev–Trinajstić information content (AvgIpc) is 2.42. The first-order valence-electron chi connectivity index (χ1n) is 6.42. The number of aliphatic carboxylic acids is 1. The fraction of sp³-hybridized carbons (Fsp3) is 0.385. The molecule has 0 fully saturated rings. The lowest BCUT2D eigenvalue weighted by molar-refractivity contribution is -0.139. The van der Waals surface area contributed by atoms with Crippen molar-refractivity contribution in [2.75, 3.05) is 13.1 Å². The van der Waals surface area contributed by atoms with E-state index in [1.807, 2.05) is 0 Å². The van der Waals surface area contributed by atoms with Crippen molar-refractivity contribution >= 4 is 12.0 Å². The van der Waals surface area contributed by atoms with Crippen molar-refractivity contribution in [3.05, 3.63) is 23.8 Å². The largest absolute Gasteiger partial charge is 0.504 e. The number of hydrogen-bond acceptors (Lipinski definition) is 5. The van der Waals surface area contributed by atoms with E-state index in [1.165, 1.54) is 18.2 Å². The van der Waals surface area contributed by atoms with Crippen LogP contribution in [0.15, 0.2) is 18.2 Å². The predicted molar refractivity (Wildman–Crippen MR) is 75.1 cm³/mol. The normalized spacial score (nSPS) is 11.7. The molecule has 1 rings (SSSR count). The summed E-state index contributed by atoms with van der Waals surface area (Å²) in [5.41, 5.74) is 5.76. The molecule has 116 valence electrons. The van der Waals surface area contributed by atoms with Gasteiger partial charge in [-0.05, 0) is 30.7 Å². The Morgan fingerprint density at radius 1 is 1.24 bits per heavy atom. The van der Waals surface area contributed by atoms with Gasteiger partial charge in [-0.2, -0.15) is 0 Å². The second-order valence-corrected chi connectivity index (χ2v) is 4.46. The Morgan fingerprint density at radius 3 is 2.52 bits per heavy atom. The molecule has 8 heteroatoms. The fourth-order valence-corrected chi connectivity index (χ4v) is 1.65. The molecular formula is C13H19N3O5. The number of carbonyl (C=O) groups is 2. The van der Waals surface area contributed by atoms with Gasteiger partial charge >= 0.3 is 12.0 Å². The maximum Gasteiger partial charge on any atom is 0.326 e. The summed E-state index contributed by atoms with van der Waals surface area (Å²) < 4.78 is 0. The molecule has 1 atom stereocenters. The van der Waals surface area contributed by atoms with Crippen molar-refractivity contribution in [3.63, 3.8) is 0 Å². The summed E-state index contributed by atoms with van der Waals surface area (Å²) >= 11 is 0. The molecule has 0 radical (unpaired) electrons. The number of carbonyl (C=O) groups excluding carboxylic acids is 1. The van der Waals surface area contributed by atoms with Crippen LogP contribution >= 0.6 is 0 Å². The number of nitrogens with two attached hydrogens (primary N) is 1. The average molecular weight is 297 g/mol. The molecule has 0 bridgehead atoms. The number of phenols is 2. The molecule has 0 unspecified atom stereocenters. The Bertz CT molecular complexity index is 507. The first kappa shape index (κ1) is 16.6. The summed E-state index contributed by atoms with van der Waals surface area (Å²) in [6.07, 6.45) is 0.574. The number of phenolic OH excluding ortho intramolecular Hbond substituents is 2. The van der Waals surface area contributed by atoms with Crippen LogP contribution in [0.25, 0.3) is 0 Å². The van der Waals surface area contributed by atoms with Gasteiger partial charge in [0, 0.05) is 13.0 Å².